The lowest BCUT2D eigenvalue weighted by atomic mass is 10.3. The van der Waals surface area contributed by atoms with E-state index in [1.54, 1.807) is 6.92 Å². The molecule has 0 saturated carbocycles. The third kappa shape index (κ3) is 3.68. The summed E-state index contributed by atoms with van der Waals surface area (Å²) >= 11 is 0. The molecule has 3 nitrogen and oxygen atoms in total. The minimum atomic E-state index is -1.08. The second-order valence-corrected chi connectivity index (χ2v) is 3.19. The Kier molecular flexibility index (Phi) is 3.99. The summed E-state index contributed by atoms with van der Waals surface area (Å²) in [6.07, 6.45) is 0.986. The fraction of sp³-hybridized carbons (Fsp3) is 0.182. The van der Waals surface area contributed by atoms with Crippen LogP contribution in [0.1, 0.15) is 6.92 Å². The summed E-state index contributed by atoms with van der Waals surface area (Å²) in [5.41, 5.74) is 0.470. The molecule has 0 saturated heterocycles. The molecule has 1 aromatic carbocycles. The maximum Gasteiger partial charge on any atom is 0.328 e. The van der Waals surface area contributed by atoms with Crippen LogP contribution in [-0.4, -0.2) is 17.7 Å². The van der Waals surface area contributed by atoms with Crippen molar-refractivity contribution in [3.8, 4) is 5.75 Å². The summed E-state index contributed by atoms with van der Waals surface area (Å²) in [6, 6.07) is 3.12. The van der Waals surface area contributed by atoms with Gasteiger partial charge < -0.3 is 9.84 Å². The molecule has 5 heteroatoms. The molecule has 0 unspecified atom stereocenters. The number of hydrogen-bond donors (Lipinski definition) is 1. The van der Waals surface area contributed by atoms with Crippen molar-refractivity contribution < 1.29 is 23.4 Å². The summed E-state index contributed by atoms with van der Waals surface area (Å²) in [6.45, 7) is 1.57. The quantitative estimate of drug-likeness (QED) is 0.805. The van der Waals surface area contributed by atoms with Crippen molar-refractivity contribution in [3.63, 3.8) is 0 Å². The van der Waals surface area contributed by atoms with E-state index in [4.69, 9.17) is 9.84 Å². The number of halogens is 2. The Morgan fingerprint density at radius 3 is 2.69 bits per heavy atom. The SMILES string of the molecule is C/C(=C\C(=O)O)COc1ccc(F)c(F)c1. The van der Waals surface area contributed by atoms with E-state index in [0.29, 0.717) is 5.57 Å². The number of carboxylic acid groups (broad SMARTS) is 1. The average Bonchev–Trinajstić information content (AvgIpc) is 2.19. The Bertz CT molecular complexity index is 427. The van der Waals surface area contributed by atoms with Gasteiger partial charge in [0.1, 0.15) is 12.4 Å². The summed E-state index contributed by atoms with van der Waals surface area (Å²) in [5, 5.41) is 8.42. The van der Waals surface area contributed by atoms with Crippen molar-refractivity contribution >= 4 is 5.97 Å². The molecule has 0 radical (unpaired) electrons. The zero-order valence-electron chi connectivity index (χ0n) is 8.54. The predicted octanol–water partition coefficient (Wildman–Crippen LogP) is 2.37. The van der Waals surface area contributed by atoms with Gasteiger partial charge in [0.2, 0.25) is 0 Å². The minimum absolute atomic E-state index is 0.0113. The van der Waals surface area contributed by atoms with Gasteiger partial charge in [-0.3, -0.25) is 0 Å². The van der Waals surface area contributed by atoms with Gasteiger partial charge in [0.25, 0.3) is 0 Å². The maximum atomic E-state index is 12.8. The lowest BCUT2D eigenvalue weighted by Crippen LogP contribution is -2.01. The van der Waals surface area contributed by atoms with Crippen LogP contribution in [0.15, 0.2) is 29.8 Å². The monoisotopic (exact) mass is 228 g/mol. The van der Waals surface area contributed by atoms with Gasteiger partial charge >= 0.3 is 5.97 Å². The summed E-state index contributed by atoms with van der Waals surface area (Å²) in [4.78, 5) is 10.3. The van der Waals surface area contributed by atoms with Crippen LogP contribution in [0, 0.1) is 11.6 Å². The van der Waals surface area contributed by atoms with E-state index >= 15 is 0 Å². The zero-order valence-corrected chi connectivity index (χ0v) is 8.54. The highest BCUT2D eigenvalue weighted by Crippen LogP contribution is 2.15. The molecule has 86 valence electrons. The Hall–Kier alpha value is -1.91. The van der Waals surface area contributed by atoms with Crippen LogP contribution in [0.25, 0.3) is 0 Å². The molecule has 0 atom stereocenters. The van der Waals surface area contributed by atoms with Crippen molar-refractivity contribution in [1.29, 1.82) is 0 Å². The van der Waals surface area contributed by atoms with E-state index in [0.717, 1.165) is 18.2 Å². The molecule has 16 heavy (non-hydrogen) atoms. The lowest BCUT2D eigenvalue weighted by Gasteiger charge is -2.06. The van der Waals surface area contributed by atoms with Gasteiger partial charge in [0.05, 0.1) is 0 Å². The van der Waals surface area contributed by atoms with Crippen LogP contribution in [0.4, 0.5) is 8.78 Å². The Morgan fingerprint density at radius 1 is 1.44 bits per heavy atom. The predicted molar refractivity (Wildman–Crippen MR) is 53.2 cm³/mol. The van der Waals surface area contributed by atoms with Crippen molar-refractivity contribution in [1.82, 2.24) is 0 Å². The molecule has 0 heterocycles. The van der Waals surface area contributed by atoms with E-state index in [1.165, 1.54) is 6.07 Å². The molecule has 0 aromatic heterocycles. The molecular formula is C11H10F2O3. The third-order valence-corrected chi connectivity index (χ3v) is 1.73. The van der Waals surface area contributed by atoms with Crippen LogP contribution < -0.4 is 4.74 Å². The van der Waals surface area contributed by atoms with E-state index in [1.807, 2.05) is 0 Å². The van der Waals surface area contributed by atoms with Gasteiger partial charge in [0.15, 0.2) is 11.6 Å². The molecule has 0 amide bonds. The van der Waals surface area contributed by atoms with E-state index < -0.39 is 17.6 Å². The standard InChI is InChI=1S/C11H10F2O3/c1-7(4-11(14)15)6-16-8-2-3-9(12)10(13)5-8/h2-5H,6H2,1H3,(H,14,15)/b7-4+. The summed E-state index contributed by atoms with van der Waals surface area (Å²) < 4.78 is 30.4. The Morgan fingerprint density at radius 2 is 2.12 bits per heavy atom. The van der Waals surface area contributed by atoms with Gasteiger partial charge in [-0.1, -0.05) is 0 Å². The fourth-order valence-electron chi connectivity index (χ4n) is 1.02. The van der Waals surface area contributed by atoms with Crippen LogP contribution in [0.3, 0.4) is 0 Å². The van der Waals surface area contributed by atoms with Crippen molar-refractivity contribution in [2.24, 2.45) is 0 Å². The third-order valence-electron chi connectivity index (χ3n) is 1.73. The van der Waals surface area contributed by atoms with E-state index in [9.17, 15) is 13.6 Å². The van der Waals surface area contributed by atoms with Crippen LogP contribution in [0.5, 0.6) is 5.75 Å². The summed E-state index contributed by atoms with van der Waals surface area (Å²) in [7, 11) is 0. The highest BCUT2D eigenvalue weighted by atomic mass is 19.2. The highest BCUT2D eigenvalue weighted by molar-refractivity contribution is 5.80. The topological polar surface area (TPSA) is 46.5 Å². The van der Waals surface area contributed by atoms with Crippen molar-refractivity contribution in [3.05, 3.63) is 41.5 Å². The first-order valence-corrected chi connectivity index (χ1v) is 4.47. The Labute approximate surface area is 91.0 Å². The van der Waals surface area contributed by atoms with E-state index in [-0.39, 0.29) is 12.4 Å². The molecule has 1 rings (SSSR count). The normalized spacial score (nSPS) is 11.3. The largest absolute Gasteiger partial charge is 0.489 e. The fourth-order valence-corrected chi connectivity index (χ4v) is 1.02. The maximum absolute atomic E-state index is 12.8. The van der Waals surface area contributed by atoms with E-state index in [2.05, 4.69) is 0 Å². The number of carbonyl (C=O) groups is 1. The first-order valence-electron chi connectivity index (χ1n) is 4.47. The first-order chi connectivity index (χ1) is 7.49. The molecule has 0 fully saturated rings. The Balaban J connectivity index is 2.61. The average molecular weight is 228 g/mol. The number of aliphatic carboxylic acids is 1. The van der Waals surface area contributed by atoms with Crippen LogP contribution in [0.2, 0.25) is 0 Å². The number of ether oxygens (including phenoxy) is 1. The lowest BCUT2D eigenvalue weighted by molar-refractivity contribution is -0.131. The second kappa shape index (κ2) is 5.25. The summed E-state index contributed by atoms with van der Waals surface area (Å²) in [5.74, 6) is -2.88. The molecular weight excluding hydrogens is 218 g/mol. The molecule has 0 spiro atoms. The number of carboxylic acids is 1. The van der Waals surface area contributed by atoms with Gasteiger partial charge in [-0.05, 0) is 24.6 Å². The number of hydrogen-bond acceptors (Lipinski definition) is 2. The number of rotatable bonds is 4. The first kappa shape index (κ1) is 12.2. The smallest absolute Gasteiger partial charge is 0.328 e. The number of benzene rings is 1. The molecule has 0 aliphatic carbocycles. The van der Waals surface area contributed by atoms with Gasteiger partial charge in [-0.15, -0.1) is 0 Å². The van der Waals surface area contributed by atoms with Gasteiger partial charge in [-0.2, -0.15) is 0 Å². The van der Waals surface area contributed by atoms with Crippen LogP contribution >= 0.6 is 0 Å². The minimum Gasteiger partial charge on any atom is -0.489 e. The molecule has 1 aromatic rings. The second-order valence-electron chi connectivity index (χ2n) is 3.19. The van der Waals surface area contributed by atoms with Gasteiger partial charge in [-0.25, -0.2) is 13.6 Å². The van der Waals surface area contributed by atoms with Crippen molar-refractivity contribution in [2.45, 2.75) is 6.92 Å². The molecule has 0 aliphatic rings. The van der Waals surface area contributed by atoms with Crippen LogP contribution in [-0.2, 0) is 4.79 Å². The highest BCUT2D eigenvalue weighted by Gasteiger charge is 2.03. The van der Waals surface area contributed by atoms with Gasteiger partial charge in [0, 0.05) is 12.1 Å². The zero-order chi connectivity index (χ0) is 12.1. The molecule has 0 bridgehead atoms. The van der Waals surface area contributed by atoms with Crippen molar-refractivity contribution in [2.75, 3.05) is 6.61 Å². The molecule has 0 aliphatic heterocycles. The molecule has 1 N–H and O–H groups in total.